The van der Waals surface area contributed by atoms with Crippen LogP contribution in [0, 0.1) is 19.1 Å². The Balaban J connectivity index is 0.00000364. The Morgan fingerprint density at radius 1 is 0.729 bits per heavy atom. The van der Waals surface area contributed by atoms with Gasteiger partial charge in [0.05, 0.1) is 26.1 Å². The van der Waals surface area contributed by atoms with Gasteiger partial charge in [0.25, 0.3) is 0 Å². The minimum Gasteiger partial charge on any atom is -0.349 e. The van der Waals surface area contributed by atoms with Gasteiger partial charge in [-0.25, -0.2) is 4.98 Å². The van der Waals surface area contributed by atoms with Crippen LogP contribution in [0.4, 0.5) is 17.1 Å². The molecule has 1 aliphatic heterocycles. The molecule has 240 valence electrons. The van der Waals surface area contributed by atoms with E-state index >= 15 is 0 Å². The predicted octanol–water partition coefficient (Wildman–Crippen LogP) is 8.90. The Morgan fingerprint density at radius 2 is 1.46 bits per heavy atom. The van der Waals surface area contributed by atoms with Gasteiger partial charge in [-0.2, -0.15) is 46.8 Å². The number of rotatable bonds is 6. The molecule has 4 nitrogen and oxygen atoms in total. The Kier molecular flexibility index (Phi) is 8.39. The van der Waals surface area contributed by atoms with Gasteiger partial charge >= 0.3 is 21.1 Å². The van der Waals surface area contributed by atoms with E-state index < -0.39 is 8.07 Å². The number of hydrogen-bond acceptors (Lipinski definition) is 3. The molecule has 0 saturated carbocycles. The summed E-state index contributed by atoms with van der Waals surface area (Å²) < 4.78 is 2.29. The van der Waals surface area contributed by atoms with Crippen LogP contribution < -0.4 is 20.2 Å². The van der Waals surface area contributed by atoms with E-state index in [1.54, 1.807) is 0 Å². The largest absolute Gasteiger partial charge is 2.00 e. The van der Waals surface area contributed by atoms with E-state index in [2.05, 4.69) is 176 Å². The van der Waals surface area contributed by atoms with Crippen molar-refractivity contribution in [2.45, 2.75) is 39.9 Å². The van der Waals surface area contributed by atoms with Crippen LogP contribution in [-0.4, -0.2) is 30.3 Å². The molecule has 3 heterocycles. The van der Waals surface area contributed by atoms with Crippen molar-refractivity contribution in [1.29, 1.82) is 0 Å². The molecule has 7 aromatic rings. The first-order valence-electron chi connectivity index (χ1n) is 16.5. The molecule has 2 aromatic heterocycles. The minimum absolute atomic E-state index is 0. The van der Waals surface area contributed by atoms with Crippen molar-refractivity contribution in [3.05, 3.63) is 139 Å². The van der Waals surface area contributed by atoms with E-state index in [1.165, 1.54) is 43.6 Å². The number of aryl methyl sites for hydroxylation is 1. The molecule has 0 fully saturated rings. The van der Waals surface area contributed by atoms with E-state index in [9.17, 15) is 0 Å². The average molecular weight is 822 g/mol. The van der Waals surface area contributed by atoms with Crippen molar-refractivity contribution in [2.24, 2.45) is 0 Å². The second-order valence-electron chi connectivity index (χ2n) is 13.4. The summed E-state index contributed by atoms with van der Waals surface area (Å²) in [5.74, 6) is 0.904. The number of pyridine rings is 1. The summed E-state index contributed by atoms with van der Waals surface area (Å²) in [6, 6.07) is 49.7. The molecule has 0 saturated heterocycles. The Hall–Kier alpha value is -4.44. The summed E-state index contributed by atoms with van der Waals surface area (Å²) in [7, 11) is -2.21. The zero-order valence-electron chi connectivity index (χ0n) is 27.9. The summed E-state index contributed by atoms with van der Waals surface area (Å²) in [6.07, 6.45) is 1.93. The zero-order valence-corrected chi connectivity index (χ0v) is 31.2. The van der Waals surface area contributed by atoms with Crippen LogP contribution >= 0.6 is 0 Å². The Labute approximate surface area is 298 Å². The third-order valence-electron chi connectivity index (χ3n) is 9.83. The number of nitrogens with zero attached hydrogens (tertiary/aromatic N) is 4. The van der Waals surface area contributed by atoms with Crippen molar-refractivity contribution in [1.82, 2.24) is 9.55 Å². The van der Waals surface area contributed by atoms with Crippen LogP contribution in [0.25, 0.3) is 38.8 Å². The first kappa shape index (κ1) is 32.1. The molecule has 0 aliphatic carbocycles. The fraction of sp³-hybridized carbons (Fsp3) is 0.167. The molecule has 0 atom stereocenters. The molecule has 0 unspecified atom stereocenters. The van der Waals surface area contributed by atoms with Gasteiger partial charge in [0.1, 0.15) is 5.82 Å². The standard InChI is InChI=1S/C42H38N4Si.Pt/c1-29(2)44-28-45(40-20-11-10-19-39(40)44)32-14-12-15-33(26-32)47(4,5)34-21-22-37-36-17-8-9-18-38(36)46(41(37)27-34)42-25-31(23-24-43-42)35-16-7-6-13-30(35)3;/h6-25,29H,28H2,1-5H3;/q-2;+2. The average Bonchev–Trinajstić information content (AvgIpc) is 3.65. The van der Waals surface area contributed by atoms with E-state index in [-0.39, 0.29) is 21.1 Å². The fourth-order valence-electron chi connectivity index (χ4n) is 7.11. The topological polar surface area (TPSA) is 24.3 Å². The minimum atomic E-state index is -2.21. The van der Waals surface area contributed by atoms with Crippen molar-refractivity contribution in [3.63, 3.8) is 0 Å². The van der Waals surface area contributed by atoms with Crippen LogP contribution in [0.3, 0.4) is 0 Å². The fourth-order valence-corrected chi connectivity index (χ4v) is 9.29. The number of hydrogen-bond donors (Lipinski definition) is 0. The van der Waals surface area contributed by atoms with Gasteiger partial charge in [-0.05, 0) is 73.2 Å². The number of anilines is 3. The maximum absolute atomic E-state index is 4.92. The van der Waals surface area contributed by atoms with Crippen LogP contribution in [0.15, 0.2) is 121 Å². The van der Waals surface area contributed by atoms with Gasteiger partial charge < -0.3 is 14.4 Å². The van der Waals surface area contributed by atoms with Gasteiger partial charge in [0, 0.05) is 17.8 Å². The maximum Gasteiger partial charge on any atom is 2.00 e. The van der Waals surface area contributed by atoms with Gasteiger partial charge in [0.15, 0.2) is 0 Å². The molecule has 48 heavy (non-hydrogen) atoms. The summed E-state index contributed by atoms with van der Waals surface area (Å²) in [5, 5.41) is 4.93. The molecule has 6 heteroatoms. The quantitative estimate of drug-likeness (QED) is 0.124. The van der Waals surface area contributed by atoms with Crippen LogP contribution in [-0.2, 0) is 21.1 Å². The van der Waals surface area contributed by atoms with E-state index in [0.29, 0.717) is 6.04 Å². The van der Waals surface area contributed by atoms with Gasteiger partial charge in [-0.15, -0.1) is 11.5 Å². The summed E-state index contributed by atoms with van der Waals surface area (Å²) >= 11 is 0. The summed E-state index contributed by atoms with van der Waals surface area (Å²) in [4.78, 5) is 9.78. The number of fused-ring (bicyclic) bond motifs is 4. The van der Waals surface area contributed by atoms with Gasteiger partial charge in [-0.3, -0.25) is 0 Å². The second kappa shape index (κ2) is 12.5. The van der Waals surface area contributed by atoms with Gasteiger partial charge in [-0.1, -0.05) is 78.9 Å². The molecular weight excluding hydrogens is 784 g/mol. The monoisotopic (exact) mass is 821 g/mol. The third-order valence-corrected chi connectivity index (χ3v) is 13.1. The van der Waals surface area contributed by atoms with E-state index in [4.69, 9.17) is 4.98 Å². The first-order valence-corrected chi connectivity index (χ1v) is 19.5. The van der Waals surface area contributed by atoms with Crippen molar-refractivity contribution >= 4 is 57.3 Å². The number of aromatic nitrogens is 2. The molecule has 0 radical (unpaired) electrons. The molecule has 1 aliphatic rings. The van der Waals surface area contributed by atoms with Crippen molar-refractivity contribution in [2.75, 3.05) is 16.5 Å². The predicted molar refractivity (Wildman–Crippen MR) is 201 cm³/mol. The molecule has 0 bridgehead atoms. The molecule has 0 amide bonds. The van der Waals surface area contributed by atoms with Crippen LogP contribution in [0.2, 0.25) is 13.1 Å². The zero-order chi connectivity index (χ0) is 32.3. The van der Waals surface area contributed by atoms with Gasteiger partial charge in [0.2, 0.25) is 0 Å². The second-order valence-corrected chi connectivity index (χ2v) is 17.7. The van der Waals surface area contributed by atoms with Crippen LogP contribution in [0.5, 0.6) is 0 Å². The summed E-state index contributed by atoms with van der Waals surface area (Å²) in [6.45, 7) is 12.3. The van der Waals surface area contributed by atoms with Crippen molar-refractivity contribution < 1.29 is 21.1 Å². The first-order chi connectivity index (χ1) is 22.8. The third kappa shape index (κ3) is 5.30. The number of benzene rings is 5. The maximum atomic E-state index is 4.92. The van der Waals surface area contributed by atoms with E-state index in [1.807, 2.05) is 6.20 Å². The molecular formula is C42H38N4PtSi. The number of para-hydroxylation sites is 3. The Bertz CT molecular complexity index is 2290. The molecule has 0 spiro atoms. The molecule has 0 N–H and O–H groups in total. The molecule has 8 rings (SSSR count). The normalized spacial score (nSPS) is 13.0. The van der Waals surface area contributed by atoms with E-state index in [0.717, 1.165) is 34.8 Å². The summed E-state index contributed by atoms with van der Waals surface area (Å²) in [5.41, 5.74) is 9.49. The van der Waals surface area contributed by atoms with Crippen LogP contribution in [0.1, 0.15) is 19.4 Å². The SMILES string of the molecule is Cc1ccccc1-c1ccnc(-n2c3[c-]c([Si](C)(C)c4[c-]c(N5CN(C(C)C)c6ccccc65)ccc4)ccc3c3ccccc32)c1.[Pt+2]. The smallest absolute Gasteiger partial charge is 0.349 e. The Morgan fingerprint density at radius 3 is 2.27 bits per heavy atom. The molecule has 5 aromatic carbocycles. The van der Waals surface area contributed by atoms with Crippen molar-refractivity contribution in [3.8, 4) is 16.9 Å².